The van der Waals surface area contributed by atoms with Crippen LogP contribution in [-0.2, 0) is 26.2 Å². The third-order valence-corrected chi connectivity index (χ3v) is 6.44. The number of carbonyl (C=O) groups is 2. The van der Waals surface area contributed by atoms with Gasteiger partial charge < -0.3 is 15.0 Å². The van der Waals surface area contributed by atoms with E-state index in [4.69, 9.17) is 4.74 Å². The van der Waals surface area contributed by atoms with Crippen LogP contribution in [0.1, 0.15) is 25.0 Å². The zero-order chi connectivity index (χ0) is 26.3. The Balaban J connectivity index is 2.50. The zero-order valence-corrected chi connectivity index (χ0v) is 21.2. The Morgan fingerprint density at radius 1 is 1.17 bits per heavy atom. The number of hydrogen-bond acceptors (Lipinski definition) is 7. The second-order valence-corrected chi connectivity index (χ2v) is 9.87. The Labute approximate surface area is 204 Å². The average Bonchev–Trinajstić information content (AvgIpc) is 2.80. The van der Waals surface area contributed by atoms with Crippen molar-refractivity contribution in [3.8, 4) is 5.75 Å². The number of aryl methyl sites for hydroxylation is 1. The van der Waals surface area contributed by atoms with Gasteiger partial charge in [0, 0.05) is 25.2 Å². The molecule has 35 heavy (non-hydrogen) atoms. The molecule has 0 bridgehead atoms. The number of nitrogens with one attached hydrogen (secondary N) is 1. The van der Waals surface area contributed by atoms with E-state index in [1.807, 2.05) is 31.2 Å². The first kappa shape index (κ1) is 27.6. The highest BCUT2D eigenvalue weighted by Gasteiger charge is 2.31. The van der Waals surface area contributed by atoms with Crippen LogP contribution in [0.5, 0.6) is 5.75 Å². The van der Waals surface area contributed by atoms with Crippen LogP contribution in [0.15, 0.2) is 42.5 Å². The van der Waals surface area contributed by atoms with Crippen molar-refractivity contribution in [2.75, 3.05) is 30.8 Å². The SMILES string of the molecule is CCNC(=O)C(C)N(Cc1ccc(C)cc1)C(=O)CN(c1cc([N+](=O)[O-])ccc1OC)S(C)(=O)=O. The number of benzene rings is 2. The quantitative estimate of drug-likeness (QED) is 0.364. The normalized spacial score (nSPS) is 11.9. The number of anilines is 1. The Hall–Kier alpha value is -3.67. The molecule has 0 aromatic heterocycles. The summed E-state index contributed by atoms with van der Waals surface area (Å²) in [5, 5.41) is 14.0. The highest BCUT2D eigenvalue weighted by atomic mass is 32.2. The molecule has 0 saturated heterocycles. The van der Waals surface area contributed by atoms with Crippen LogP contribution in [0.25, 0.3) is 0 Å². The van der Waals surface area contributed by atoms with Crippen molar-refractivity contribution in [3.05, 3.63) is 63.7 Å². The van der Waals surface area contributed by atoms with Gasteiger partial charge in [0.05, 0.1) is 18.3 Å². The van der Waals surface area contributed by atoms with Crippen molar-refractivity contribution in [3.63, 3.8) is 0 Å². The molecule has 2 rings (SSSR count). The molecule has 0 aliphatic carbocycles. The van der Waals surface area contributed by atoms with Crippen molar-refractivity contribution in [2.24, 2.45) is 0 Å². The Morgan fingerprint density at radius 3 is 2.31 bits per heavy atom. The maximum atomic E-state index is 13.5. The molecule has 0 radical (unpaired) electrons. The Kier molecular flexibility index (Phi) is 9.18. The number of nitro benzene ring substituents is 1. The summed E-state index contributed by atoms with van der Waals surface area (Å²) in [4.78, 5) is 37.9. The number of nitrogens with zero attached hydrogens (tertiary/aromatic N) is 3. The maximum Gasteiger partial charge on any atom is 0.271 e. The van der Waals surface area contributed by atoms with Crippen LogP contribution >= 0.6 is 0 Å². The summed E-state index contributed by atoms with van der Waals surface area (Å²) >= 11 is 0. The summed E-state index contributed by atoms with van der Waals surface area (Å²) < 4.78 is 31.3. The number of methoxy groups -OCH3 is 1. The summed E-state index contributed by atoms with van der Waals surface area (Å²) in [6, 6.07) is 9.93. The molecule has 2 aromatic rings. The van der Waals surface area contributed by atoms with E-state index in [1.165, 1.54) is 24.1 Å². The fourth-order valence-corrected chi connectivity index (χ4v) is 4.22. The van der Waals surface area contributed by atoms with Crippen molar-refractivity contribution in [1.29, 1.82) is 0 Å². The number of nitro groups is 1. The molecule has 0 saturated carbocycles. The molecule has 0 fully saturated rings. The molecular weight excluding hydrogens is 476 g/mol. The molecule has 1 unspecified atom stereocenters. The Bertz CT molecular complexity index is 1180. The van der Waals surface area contributed by atoms with E-state index in [9.17, 15) is 28.1 Å². The molecule has 0 spiro atoms. The fraction of sp³-hybridized carbons (Fsp3) is 0.391. The first-order valence-corrected chi connectivity index (χ1v) is 12.7. The van der Waals surface area contributed by atoms with E-state index in [2.05, 4.69) is 5.32 Å². The maximum absolute atomic E-state index is 13.5. The van der Waals surface area contributed by atoms with Crippen LogP contribution in [0.2, 0.25) is 0 Å². The van der Waals surface area contributed by atoms with Crippen LogP contribution in [0, 0.1) is 17.0 Å². The number of likely N-dealkylation sites (N-methyl/N-ethyl adjacent to an activating group) is 1. The summed E-state index contributed by atoms with van der Waals surface area (Å²) in [7, 11) is -2.79. The van der Waals surface area contributed by atoms with Crippen molar-refractivity contribution < 1.29 is 27.7 Å². The predicted octanol–water partition coefficient (Wildman–Crippen LogP) is 2.23. The lowest BCUT2D eigenvalue weighted by Gasteiger charge is -2.31. The van der Waals surface area contributed by atoms with Gasteiger partial charge in [-0.3, -0.25) is 24.0 Å². The molecule has 1 atom stereocenters. The first-order valence-electron chi connectivity index (χ1n) is 10.8. The van der Waals surface area contributed by atoms with Gasteiger partial charge in [-0.1, -0.05) is 29.8 Å². The number of carbonyl (C=O) groups excluding carboxylic acids is 2. The molecule has 0 heterocycles. The largest absolute Gasteiger partial charge is 0.495 e. The number of amides is 2. The van der Waals surface area contributed by atoms with Gasteiger partial charge in [-0.2, -0.15) is 0 Å². The van der Waals surface area contributed by atoms with E-state index < -0.39 is 39.3 Å². The van der Waals surface area contributed by atoms with Gasteiger partial charge in [-0.25, -0.2) is 8.42 Å². The van der Waals surface area contributed by atoms with E-state index in [0.29, 0.717) is 6.54 Å². The van der Waals surface area contributed by atoms with E-state index in [1.54, 1.807) is 13.8 Å². The minimum atomic E-state index is -4.07. The number of rotatable bonds is 11. The van der Waals surface area contributed by atoms with Crippen LogP contribution < -0.4 is 14.4 Å². The number of ether oxygens (including phenoxy) is 1. The van der Waals surface area contributed by atoms with E-state index in [0.717, 1.165) is 27.8 Å². The third kappa shape index (κ3) is 7.15. The lowest BCUT2D eigenvalue weighted by atomic mass is 10.1. The summed E-state index contributed by atoms with van der Waals surface area (Å²) in [5.41, 5.74) is 1.25. The van der Waals surface area contributed by atoms with E-state index in [-0.39, 0.29) is 23.7 Å². The molecule has 12 heteroatoms. The fourth-order valence-electron chi connectivity index (χ4n) is 3.38. The number of hydrogen-bond donors (Lipinski definition) is 1. The highest BCUT2D eigenvalue weighted by molar-refractivity contribution is 7.92. The third-order valence-electron chi connectivity index (χ3n) is 5.31. The summed E-state index contributed by atoms with van der Waals surface area (Å²) in [6.45, 7) is 4.94. The van der Waals surface area contributed by atoms with Crippen LogP contribution in [-0.4, -0.2) is 62.6 Å². The lowest BCUT2D eigenvalue weighted by Crippen LogP contribution is -2.51. The molecular formula is C23H30N4O7S. The van der Waals surface area contributed by atoms with Gasteiger partial charge in [-0.15, -0.1) is 0 Å². The predicted molar refractivity (Wildman–Crippen MR) is 132 cm³/mol. The van der Waals surface area contributed by atoms with Gasteiger partial charge in [0.25, 0.3) is 5.69 Å². The topological polar surface area (TPSA) is 139 Å². The smallest absolute Gasteiger partial charge is 0.271 e. The minimum Gasteiger partial charge on any atom is -0.495 e. The lowest BCUT2D eigenvalue weighted by molar-refractivity contribution is -0.384. The molecule has 2 aromatic carbocycles. The summed E-state index contributed by atoms with van der Waals surface area (Å²) in [5.74, 6) is -1.02. The molecule has 11 nitrogen and oxygen atoms in total. The number of non-ortho nitro benzene ring substituents is 1. The monoisotopic (exact) mass is 506 g/mol. The second-order valence-electron chi connectivity index (χ2n) is 7.96. The highest BCUT2D eigenvalue weighted by Crippen LogP contribution is 2.33. The second kappa shape index (κ2) is 11.6. The van der Waals surface area contributed by atoms with Gasteiger partial charge in [0.15, 0.2) is 0 Å². The van der Waals surface area contributed by atoms with Crippen molar-refractivity contribution >= 4 is 33.2 Å². The van der Waals surface area contributed by atoms with Crippen LogP contribution in [0.4, 0.5) is 11.4 Å². The standard InChI is InChI=1S/C23H30N4O7S/c1-6-24-23(29)17(3)25(14-18-9-7-16(2)8-10-18)22(28)15-26(35(5,32)33)20-13-19(27(30)31)11-12-21(20)34-4/h7-13,17H,6,14-15H2,1-5H3,(H,24,29). The van der Waals surface area contributed by atoms with Gasteiger partial charge in [0.2, 0.25) is 21.8 Å². The first-order chi connectivity index (χ1) is 16.4. The van der Waals surface area contributed by atoms with Crippen molar-refractivity contribution in [1.82, 2.24) is 10.2 Å². The summed E-state index contributed by atoms with van der Waals surface area (Å²) in [6.07, 6.45) is 0.885. The average molecular weight is 507 g/mol. The van der Waals surface area contributed by atoms with Crippen LogP contribution in [0.3, 0.4) is 0 Å². The molecule has 0 aliphatic rings. The molecule has 2 amide bonds. The molecule has 190 valence electrons. The molecule has 0 aliphatic heterocycles. The Morgan fingerprint density at radius 2 is 1.80 bits per heavy atom. The van der Waals surface area contributed by atoms with Crippen molar-refractivity contribution in [2.45, 2.75) is 33.4 Å². The zero-order valence-electron chi connectivity index (χ0n) is 20.3. The van der Waals surface area contributed by atoms with Gasteiger partial charge in [-0.05, 0) is 32.4 Å². The van der Waals surface area contributed by atoms with Gasteiger partial charge >= 0.3 is 0 Å². The van der Waals surface area contributed by atoms with Gasteiger partial charge in [0.1, 0.15) is 24.0 Å². The molecule has 1 N–H and O–H groups in total. The van der Waals surface area contributed by atoms with E-state index >= 15 is 0 Å². The minimum absolute atomic E-state index is 0.0377. The number of sulfonamides is 1.